The summed E-state index contributed by atoms with van der Waals surface area (Å²) in [4.78, 5) is 2.53. The molecule has 126 valence electrons. The summed E-state index contributed by atoms with van der Waals surface area (Å²) in [6.45, 7) is 3.93. The average Bonchev–Trinajstić information content (AvgIpc) is 2.68. The first-order valence-electron chi connectivity index (χ1n) is 8.86. The van der Waals surface area contributed by atoms with Crippen LogP contribution in [0.5, 0.6) is 0 Å². The SMILES string of the molecule is C/C=C/C(c1ccccc1)N(Cc1ccccc1)Cc1ccccc1. The van der Waals surface area contributed by atoms with Crippen LogP contribution in [-0.4, -0.2) is 4.90 Å². The van der Waals surface area contributed by atoms with E-state index in [2.05, 4.69) is 115 Å². The van der Waals surface area contributed by atoms with E-state index < -0.39 is 0 Å². The van der Waals surface area contributed by atoms with Crippen LogP contribution in [0.15, 0.2) is 103 Å². The number of rotatable bonds is 7. The maximum atomic E-state index is 2.53. The maximum absolute atomic E-state index is 2.53. The predicted octanol–water partition coefficient (Wildman–Crippen LogP) is 6.01. The van der Waals surface area contributed by atoms with E-state index in [0.29, 0.717) is 0 Å². The van der Waals surface area contributed by atoms with E-state index >= 15 is 0 Å². The van der Waals surface area contributed by atoms with E-state index in [1.807, 2.05) is 0 Å². The van der Waals surface area contributed by atoms with Gasteiger partial charge in [-0.25, -0.2) is 0 Å². The van der Waals surface area contributed by atoms with Gasteiger partial charge in [-0.3, -0.25) is 4.90 Å². The minimum Gasteiger partial charge on any atom is -0.284 e. The second-order valence-corrected chi connectivity index (χ2v) is 6.26. The van der Waals surface area contributed by atoms with Gasteiger partial charge >= 0.3 is 0 Å². The van der Waals surface area contributed by atoms with Gasteiger partial charge in [-0.2, -0.15) is 0 Å². The Hall–Kier alpha value is -2.64. The molecule has 0 heterocycles. The largest absolute Gasteiger partial charge is 0.284 e. The summed E-state index contributed by atoms with van der Waals surface area (Å²) in [5, 5.41) is 0. The molecule has 0 amide bonds. The fourth-order valence-corrected chi connectivity index (χ4v) is 3.16. The topological polar surface area (TPSA) is 3.24 Å². The minimum absolute atomic E-state index is 0.256. The molecule has 0 aliphatic heterocycles. The van der Waals surface area contributed by atoms with Gasteiger partial charge in [0.2, 0.25) is 0 Å². The molecule has 0 aliphatic rings. The van der Waals surface area contributed by atoms with Crippen molar-refractivity contribution >= 4 is 0 Å². The molecular weight excluding hydrogens is 302 g/mol. The molecule has 0 saturated heterocycles. The maximum Gasteiger partial charge on any atom is 0.0538 e. The monoisotopic (exact) mass is 327 g/mol. The first kappa shape index (κ1) is 17.2. The van der Waals surface area contributed by atoms with Gasteiger partial charge in [0.25, 0.3) is 0 Å². The van der Waals surface area contributed by atoms with Crippen LogP contribution < -0.4 is 0 Å². The van der Waals surface area contributed by atoms with E-state index in [1.54, 1.807) is 0 Å². The molecule has 0 aliphatic carbocycles. The van der Waals surface area contributed by atoms with Crippen molar-refractivity contribution in [2.24, 2.45) is 0 Å². The highest BCUT2D eigenvalue weighted by Gasteiger charge is 2.18. The van der Waals surface area contributed by atoms with Crippen LogP contribution in [0.4, 0.5) is 0 Å². The molecule has 1 unspecified atom stereocenters. The highest BCUT2D eigenvalue weighted by Crippen LogP contribution is 2.26. The van der Waals surface area contributed by atoms with E-state index in [4.69, 9.17) is 0 Å². The Labute approximate surface area is 151 Å². The van der Waals surface area contributed by atoms with Gasteiger partial charge in [-0.15, -0.1) is 0 Å². The summed E-state index contributed by atoms with van der Waals surface area (Å²) < 4.78 is 0. The Morgan fingerprint density at radius 2 is 1.12 bits per heavy atom. The lowest BCUT2D eigenvalue weighted by Crippen LogP contribution is -2.27. The van der Waals surface area contributed by atoms with Crippen molar-refractivity contribution in [2.75, 3.05) is 0 Å². The van der Waals surface area contributed by atoms with Crippen LogP contribution in [0.1, 0.15) is 29.7 Å². The zero-order valence-corrected chi connectivity index (χ0v) is 14.8. The second kappa shape index (κ2) is 9.00. The van der Waals surface area contributed by atoms with E-state index in [0.717, 1.165) is 13.1 Å². The Morgan fingerprint density at radius 1 is 0.680 bits per heavy atom. The zero-order valence-electron chi connectivity index (χ0n) is 14.8. The van der Waals surface area contributed by atoms with Crippen LogP contribution in [-0.2, 0) is 13.1 Å². The lowest BCUT2D eigenvalue weighted by molar-refractivity contribution is 0.212. The summed E-state index contributed by atoms with van der Waals surface area (Å²) in [5.74, 6) is 0. The number of hydrogen-bond donors (Lipinski definition) is 0. The van der Waals surface area contributed by atoms with E-state index in [9.17, 15) is 0 Å². The smallest absolute Gasteiger partial charge is 0.0538 e. The number of benzene rings is 3. The molecule has 3 aromatic carbocycles. The van der Waals surface area contributed by atoms with Crippen molar-refractivity contribution in [2.45, 2.75) is 26.1 Å². The third-order valence-corrected chi connectivity index (χ3v) is 4.37. The molecule has 0 aromatic heterocycles. The number of allylic oxidation sites excluding steroid dienone is 1. The standard InChI is InChI=1S/C24H25N/c1-2-12-24(23-17-10-5-11-18-23)25(19-21-13-6-3-7-14-21)20-22-15-8-4-9-16-22/h2-18,24H,19-20H2,1H3/b12-2+. The Balaban J connectivity index is 1.92. The molecule has 3 aromatic rings. The van der Waals surface area contributed by atoms with Crippen molar-refractivity contribution in [3.8, 4) is 0 Å². The van der Waals surface area contributed by atoms with Gasteiger partial charge < -0.3 is 0 Å². The molecule has 3 rings (SSSR count). The van der Waals surface area contributed by atoms with Crippen molar-refractivity contribution in [3.63, 3.8) is 0 Å². The normalized spacial score (nSPS) is 12.6. The quantitative estimate of drug-likeness (QED) is 0.481. The lowest BCUT2D eigenvalue weighted by Gasteiger charge is -2.30. The summed E-state index contributed by atoms with van der Waals surface area (Å²) >= 11 is 0. The summed E-state index contributed by atoms with van der Waals surface area (Å²) in [5.41, 5.74) is 4.00. The lowest BCUT2D eigenvalue weighted by atomic mass is 10.0. The van der Waals surface area contributed by atoms with Crippen molar-refractivity contribution in [1.29, 1.82) is 0 Å². The minimum atomic E-state index is 0.256. The van der Waals surface area contributed by atoms with Crippen molar-refractivity contribution < 1.29 is 0 Å². The van der Waals surface area contributed by atoms with Crippen LogP contribution in [0.3, 0.4) is 0 Å². The molecule has 0 bridgehead atoms. The first-order valence-corrected chi connectivity index (χ1v) is 8.86. The van der Waals surface area contributed by atoms with E-state index in [-0.39, 0.29) is 6.04 Å². The highest BCUT2D eigenvalue weighted by molar-refractivity contribution is 5.25. The molecule has 0 radical (unpaired) electrons. The molecule has 1 nitrogen and oxygen atoms in total. The van der Waals surface area contributed by atoms with Crippen LogP contribution in [0.25, 0.3) is 0 Å². The van der Waals surface area contributed by atoms with Gasteiger partial charge in [0, 0.05) is 13.1 Å². The van der Waals surface area contributed by atoms with E-state index in [1.165, 1.54) is 16.7 Å². The zero-order chi connectivity index (χ0) is 17.3. The Bertz CT molecular complexity index is 721. The highest BCUT2D eigenvalue weighted by atomic mass is 15.1. The molecule has 0 N–H and O–H groups in total. The van der Waals surface area contributed by atoms with Crippen LogP contribution in [0, 0.1) is 0 Å². The van der Waals surface area contributed by atoms with Gasteiger partial charge in [0.05, 0.1) is 6.04 Å². The van der Waals surface area contributed by atoms with Gasteiger partial charge in [-0.1, -0.05) is 103 Å². The van der Waals surface area contributed by atoms with Crippen LogP contribution >= 0.6 is 0 Å². The molecule has 25 heavy (non-hydrogen) atoms. The molecular formula is C24H25N. The molecule has 0 spiro atoms. The Kier molecular flexibility index (Phi) is 6.19. The third-order valence-electron chi connectivity index (χ3n) is 4.37. The molecule has 1 atom stereocenters. The number of nitrogens with zero attached hydrogens (tertiary/aromatic N) is 1. The Morgan fingerprint density at radius 3 is 1.56 bits per heavy atom. The van der Waals surface area contributed by atoms with Gasteiger partial charge in [-0.05, 0) is 23.6 Å². The van der Waals surface area contributed by atoms with Crippen molar-refractivity contribution in [3.05, 3.63) is 120 Å². The summed E-state index contributed by atoms with van der Waals surface area (Å²) in [7, 11) is 0. The average molecular weight is 327 g/mol. The molecule has 0 saturated carbocycles. The molecule has 0 fully saturated rings. The third kappa shape index (κ3) is 4.91. The first-order chi connectivity index (χ1) is 12.4. The van der Waals surface area contributed by atoms with Crippen LogP contribution in [0.2, 0.25) is 0 Å². The summed E-state index contributed by atoms with van der Waals surface area (Å²) in [6, 6.07) is 32.4. The van der Waals surface area contributed by atoms with Gasteiger partial charge in [0.15, 0.2) is 0 Å². The predicted molar refractivity (Wildman–Crippen MR) is 106 cm³/mol. The molecule has 1 heteroatoms. The fourth-order valence-electron chi connectivity index (χ4n) is 3.16. The van der Waals surface area contributed by atoms with Crippen molar-refractivity contribution in [1.82, 2.24) is 4.90 Å². The summed E-state index contributed by atoms with van der Waals surface area (Å²) in [6.07, 6.45) is 4.45. The number of hydrogen-bond acceptors (Lipinski definition) is 1. The second-order valence-electron chi connectivity index (χ2n) is 6.26. The van der Waals surface area contributed by atoms with Gasteiger partial charge in [0.1, 0.15) is 0 Å². The fraction of sp³-hybridized carbons (Fsp3) is 0.167.